The number of ether oxygens (including phenoxy) is 2. The Morgan fingerprint density at radius 1 is 1.15 bits per heavy atom. The molecule has 0 aliphatic carbocycles. The standard InChI is InChI=1S/C18H18ClN3O5/c1-21-18(25)22-16(23)15(10-6-4-3-5-7-10)27-17(24)11-8-12(19)13(20)9-14(11)26-2/h3-9,15H,20H2,1-2H3,(H2,21,22,23,25)/t15-/m1/s1. The van der Waals surface area contributed by atoms with Crippen LogP contribution < -0.4 is 21.1 Å². The van der Waals surface area contributed by atoms with Crippen LogP contribution in [0.1, 0.15) is 22.0 Å². The lowest BCUT2D eigenvalue weighted by Gasteiger charge is -2.18. The molecule has 0 unspecified atom stereocenters. The van der Waals surface area contributed by atoms with Crippen molar-refractivity contribution < 1.29 is 23.9 Å². The summed E-state index contributed by atoms with van der Waals surface area (Å²) in [6, 6.07) is 10.2. The van der Waals surface area contributed by atoms with Gasteiger partial charge in [0.25, 0.3) is 5.91 Å². The summed E-state index contributed by atoms with van der Waals surface area (Å²) in [6.07, 6.45) is -1.36. The van der Waals surface area contributed by atoms with E-state index in [-0.39, 0.29) is 22.0 Å². The maximum Gasteiger partial charge on any atom is 0.343 e. The molecule has 4 N–H and O–H groups in total. The molecule has 0 aliphatic rings. The minimum Gasteiger partial charge on any atom is -0.496 e. The van der Waals surface area contributed by atoms with E-state index in [1.54, 1.807) is 30.3 Å². The Morgan fingerprint density at radius 3 is 2.41 bits per heavy atom. The molecule has 142 valence electrons. The highest BCUT2D eigenvalue weighted by Gasteiger charge is 2.28. The molecule has 0 saturated carbocycles. The van der Waals surface area contributed by atoms with Crippen molar-refractivity contribution in [1.29, 1.82) is 0 Å². The lowest BCUT2D eigenvalue weighted by molar-refractivity contribution is -0.129. The minimum atomic E-state index is -1.36. The Hall–Kier alpha value is -3.26. The van der Waals surface area contributed by atoms with Crippen LogP contribution in [0, 0.1) is 0 Å². The summed E-state index contributed by atoms with van der Waals surface area (Å²) in [5.74, 6) is -1.54. The molecular weight excluding hydrogens is 374 g/mol. The van der Waals surface area contributed by atoms with Gasteiger partial charge in [0.05, 0.1) is 17.8 Å². The quantitative estimate of drug-likeness (QED) is 0.531. The molecule has 2 rings (SSSR count). The van der Waals surface area contributed by atoms with Crippen molar-refractivity contribution >= 4 is 35.2 Å². The molecule has 0 aromatic heterocycles. The number of hydrogen-bond acceptors (Lipinski definition) is 6. The average Bonchev–Trinajstić information content (AvgIpc) is 2.67. The number of urea groups is 1. The predicted molar refractivity (Wildman–Crippen MR) is 99.6 cm³/mol. The van der Waals surface area contributed by atoms with Crippen LogP contribution in [0.2, 0.25) is 5.02 Å². The Morgan fingerprint density at radius 2 is 1.81 bits per heavy atom. The third-order valence-electron chi connectivity index (χ3n) is 3.57. The average molecular weight is 392 g/mol. The van der Waals surface area contributed by atoms with Crippen molar-refractivity contribution in [2.75, 3.05) is 19.9 Å². The number of carbonyl (C=O) groups is 3. The first-order chi connectivity index (χ1) is 12.9. The molecule has 0 spiro atoms. The molecule has 1 atom stereocenters. The van der Waals surface area contributed by atoms with Gasteiger partial charge < -0.3 is 20.5 Å². The van der Waals surface area contributed by atoms with Crippen molar-refractivity contribution in [3.8, 4) is 5.75 Å². The summed E-state index contributed by atoms with van der Waals surface area (Å²) in [7, 11) is 2.71. The van der Waals surface area contributed by atoms with Gasteiger partial charge in [-0.05, 0) is 6.07 Å². The van der Waals surface area contributed by atoms with Gasteiger partial charge in [-0.3, -0.25) is 10.1 Å². The number of imide groups is 1. The van der Waals surface area contributed by atoms with E-state index in [0.29, 0.717) is 5.56 Å². The van der Waals surface area contributed by atoms with Gasteiger partial charge in [-0.25, -0.2) is 9.59 Å². The molecule has 0 saturated heterocycles. The second kappa shape index (κ2) is 8.91. The fraction of sp³-hybridized carbons (Fsp3) is 0.167. The number of halogens is 1. The normalized spacial score (nSPS) is 11.2. The molecule has 0 aliphatic heterocycles. The molecule has 2 aromatic carbocycles. The second-order valence-electron chi connectivity index (χ2n) is 5.34. The van der Waals surface area contributed by atoms with Crippen LogP contribution in [0.3, 0.4) is 0 Å². The van der Waals surface area contributed by atoms with Gasteiger partial charge in [0.2, 0.25) is 6.10 Å². The minimum absolute atomic E-state index is 0.00891. The van der Waals surface area contributed by atoms with Crippen LogP contribution in [0.25, 0.3) is 0 Å². The van der Waals surface area contributed by atoms with E-state index in [2.05, 4.69) is 10.6 Å². The van der Waals surface area contributed by atoms with Crippen LogP contribution in [0.4, 0.5) is 10.5 Å². The van der Waals surface area contributed by atoms with E-state index in [1.165, 1.54) is 26.3 Å². The van der Waals surface area contributed by atoms with Crippen molar-refractivity contribution in [2.24, 2.45) is 0 Å². The number of nitrogens with one attached hydrogen (secondary N) is 2. The molecule has 0 heterocycles. The van der Waals surface area contributed by atoms with Gasteiger partial charge in [-0.15, -0.1) is 0 Å². The molecular formula is C18H18ClN3O5. The number of nitrogen functional groups attached to an aromatic ring is 1. The first-order valence-electron chi connectivity index (χ1n) is 7.78. The summed E-state index contributed by atoms with van der Waals surface area (Å²) < 4.78 is 10.5. The highest BCUT2D eigenvalue weighted by Crippen LogP contribution is 2.30. The van der Waals surface area contributed by atoms with Crippen LogP contribution in [0.5, 0.6) is 5.75 Å². The zero-order valence-electron chi connectivity index (χ0n) is 14.6. The van der Waals surface area contributed by atoms with Gasteiger partial charge in [0, 0.05) is 18.7 Å². The fourth-order valence-corrected chi connectivity index (χ4v) is 2.37. The third kappa shape index (κ3) is 4.89. The van der Waals surface area contributed by atoms with Gasteiger partial charge in [-0.1, -0.05) is 41.9 Å². The molecule has 27 heavy (non-hydrogen) atoms. The maximum absolute atomic E-state index is 12.6. The Kier molecular flexibility index (Phi) is 6.62. The molecule has 0 fully saturated rings. The van der Waals surface area contributed by atoms with Crippen molar-refractivity contribution in [3.05, 3.63) is 58.6 Å². The van der Waals surface area contributed by atoms with Crippen molar-refractivity contribution in [3.63, 3.8) is 0 Å². The summed E-state index contributed by atoms with van der Waals surface area (Å²) >= 11 is 5.97. The summed E-state index contributed by atoms with van der Waals surface area (Å²) in [4.78, 5) is 36.5. The number of nitrogens with two attached hydrogens (primary N) is 1. The largest absolute Gasteiger partial charge is 0.496 e. The van der Waals surface area contributed by atoms with E-state index >= 15 is 0 Å². The maximum atomic E-state index is 12.6. The number of esters is 1. The topological polar surface area (TPSA) is 120 Å². The zero-order valence-corrected chi connectivity index (χ0v) is 15.4. The number of methoxy groups -OCH3 is 1. The summed E-state index contributed by atoms with van der Waals surface area (Å²) in [5.41, 5.74) is 6.30. The van der Waals surface area contributed by atoms with Crippen LogP contribution in [-0.2, 0) is 9.53 Å². The van der Waals surface area contributed by atoms with E-state index < -0.39 is 24.0 Å². The Labute approximate surface area is 160 Å². The van der Waals surface area contributed by atoms with Crippen LogP contribution >= 0.6 is 11.6 Å². The first kappa shape index (κ1) is 20.1. The van der Waals surface area contributed by atoms with E-state index in [1.807, 2.05) is 0 Å². The Balaban J connectivity index is 2.35. The number of anilines is 1. The highest BCUT2D eigenvalue weighted by atomic mass is 35.5. The van der Waals surface area contributed by atoms with Gasteiger partial charge in [0.15, 0.2) is 0 Å². The second-order valence-corrected chi connectivity index (χ2v) is 5.75. The fourth-order valence-electron chi connectivity index (χ4n) is 2.21. The molecule has 0 bridgehead atoms. The monoisotopic (exact) mass is 391 g/mol. The zero-order chi connectivity index (χ0) is 20.0. The van der Waals surface area contributed by atoms with Gasteiger partial charge in [-0.2, -0.15) is 0 Å². The molecule has 3 amide bonds. The van der Waals surface area contributed by atoms with Gasteiger partial charge >= 0.3 is 12.0 Å². The first-order valence-corrected chi connectivity index (χ1v) is 8.16. The van der Waals surface area contributed by atoms with E-state index in [4.69, 9.17) is 26.8 Å². The summed E-state index contributed by atoms with van der Waals surface area (Å²) in [5, 5.41) is 4.48. The van der Waals surface area contributed by atoms with E-state index in [0.717, 1.165) is 0 Å². The van der Waals surface area contributed by atoms with E-state index in [9.17, 15) is 14.4 Å². The lowest BCUT2D eigenvalue weighted by atomic mass is 10.1. The Bertz CT molecular complexity index is 858. The number of carbonyl (C=O) groups excluding carboxylic acids is 3. The number of amides is 3. The summed E-state index contributed by atoms with van der Waals surface area (Å²) in [6.45, 7) is 0. The lowest BCUT2D eigenvalue weighted by Crippen LogP contribution is -2.41. The number of hydrogen-bond donors (Lipinski definition) is 3. The van der Waals surface area contributed by atoms with Crippen LogP contribution in [0.15, 0.2) is 42.5 Å². The molecule has 0 radical (unpaired) electrons. The van der Waals surface area contributed by atoms with Crippen molar-refractivity contribution in [1.82, 2.24) is 10.6 Å². The SMILES string of the molecule is CNC(=O)NC(=O)[C@H](OC(=O)c1cc(Cl)c(N)cc1OC)c1ccccc1. The molecule has 9 heteroatoms. The van der Waals surface area contributed by atoms with Crippen LogP contribution in [-0.4, -0.2) is 32.1 Å². The van der Waals surface area contributed by atoms with Crippen molar-refractivity contribution in [2.45, 2.75) is 6.10 Å². The number of benzene rings is 2. The smallest absolute Gasteiger partial charge is 0.343 e. The highest BCUT2D eigenvalue weighted by molar-refractivity contribution is 6.33. The third-order valence-corrected chi connectivity index (χ3v) is 3.90. The van der Waals surface area contributed by atoms with Gasteiger partial charge in [0.1, 0.15) is 11.3 Å². The molecule has 2 aromatic rings. The number of rotatable bonds is 5. The molecule has 8 nitrogen and oxygen atoms in total. The predicted octanol–water partition coefficient (Wildman–Crippen LogP) is 2.28.